The van der Waals surface area contributed by atoms with E-state index in [1.165, 1.54) is 49.7 Å². The molecule has 52 heavy (non-hydrogen) atoms. The molecule has 0 spiro atoms. The smallest absolute Gasteiger partial charge is 0.246 e. The molecule has 2 aliphatic heterocycles. The standard InChI is InChI=1S/C46H66N4O2/c1-45(2,3)41-25-21-39(22-26-41)17-11-13-19-43(51)49-35-31-47(32-36-49)29-15-9-7-8-10-16-30-48-33-37-50(38-34-48)44(52)20-14-12-18-40-23-27-42(28-24-40)46(4,5)6/h11-14,17-28H,7-10,15-16,29-38H2,1-6H3/b17-11+,18-12+,19-13+,20-14+. The second-order valence-corrected chi connectivity index (χ2v) is 16.6. The van der Waals surface area contributed by atoms with Gasteiger partial charge in [-0.25, -0.2) is 0 Å². The summed E-state index contributed by atoms with van der Waals surface area (Å²) in [7, 11) is 0. The van der Waals surface area contributed by atoms with E-state index in [1.807, 2.05) is 34.1 Å². The third-order valence-electron chi connectivity index (χ3n) is 10.4. The van der Waals surface area contributed by atoms with E-state index < -0.39 is 0 Å². The summed E-state index contributed by atoms with van der Waals surface area (Å²) < 4.78 is 0. The van der Waals surface area contributed by atoms with Crippen molar-refractivity contribution >= 4 is 24.0 Å². The molecule has 282 valence electrons. The van der Waals surface area contributed by atoms with Crippen LogP contribution in [0.5, 0.6) is 0 Å². The van der Waals surface area contributed by atoms with Gasteiger partial charge < -0.3 is 9.80 Å². The zero-order valence-electron chi connectivity index (χ0n) is 33.2. The number of allylic oxidation sites excluding steroid dienone is 4. The number of amides is 2. The minimum Gasteiger partial charge on any atom is -0.337 e. The van der Waals surface area contributed by atoms with Crippen molar-refractivity contribution in [2.75, 3.05) is 65.4 Å². The van der Waals surface area contributed by atoms with E-state index in [2.05, 4.69) is 112 Å². The molecule has 2 heterocycles. The van der Waals surface area contributed by atoms with E-state index in [0.29, 0.717) is 0 Å². The van der Waals surface area contributed by atoms with Crippen LogP contribution in [0.1, 0.15) is 102 Å². The Morgan fingerprint density at radius 3 is 1.13 bits per heavy atom. The van der Waals surface area contributed by atoms with Crippen LogP contribution in [0.25, 0.3) is 12.2 Å². The lowest BCUT2D eigenvalue weighted by Gasteiger charge is -2.34. The summed E-state index contributed by atoms with van der Waals surface area (Å²) in [5.41, 5.74) is 5.25. The highest BCUT2D eigenvalue weighted by molar-refractivity contribution is 5.88. The summed E-state index contributed by atoms with van der Waals surface area (Å²) >= 11 is 0. The second-order valence-electron chi connectivity index (χ2n) is 16.6. The van der Waals surface area contributed by atoms with Gasteiger partial charge in [0.15, 0.2) is 0 Å². The van der Waals surface area contributed by atoms with Crippen LogP contribution in [0.15, 0.2) is 85.0 Å². The third kappa shape index (κ3) is 14.4. The monoisotopic (exact) mass is 707 g/mol. The number of nitrogens with zero attached hydrogens (tertiary/aromatic N) is 4. The van der Waals surface area contributed by atoms with Crippen LogP contribution in [-0.2, 0) is 20.4 Å². The molecule has 4 rings (SSSR count). The molecular weight excluding hydrogens is 641 g/mol. The Morgan fingerprint density at radius 1 is 0.481 bits per heavy atom. The minimum atomic E-state index is 0.109. The number of unbranched alkanes of at least 4 members (excludes halogenated alkanes) is 5. The van der Waals surface area contributed by atoms with Gasteiger partial charge in [-0.15, -0.1) is 0 Å². The molecule has 0 unspecified atom stereocenters. The predicted octanol–water partition coefficient (Wildman–Crippen LogP) is 8.75. The number of rotatable bonds is 15. The summed E-state index contributed by atoms with van der Waals surface area (Å²) in [6, 6.07) is 17.3. The molecule has 6 nitrogen and oxygen atoms in total. The molecule has 2 aromatic rings. The lowest BCUT2D eigenvalue weighted by molar-refractivity contribution is -0.128. The molecule has 2 amide bonds. The van der Waals surface area contributed by atoms with Crippen LogP contribution in [-0.4, -0.2) is 96.9 Å². The molecule has 2 saturated heterocycles. The average Bonchev–Trinajstić information content (AvgIpc) is 3.13. The average molecular weight is 707 g/mol. The Balaban J connectivity index is 0.977. The Bertz CT molecular complexity index is 1370. The number of hydrogen-bond donors (Lipinski definition) is 0. The van der Waals surface area contributed by atoms with E-state index in [9.17, 15) is 9.59 Å². The molecule has 0 radical (unpaired) electrons. The molecule has 2 aromatic carbocycles. The highest BCUT2D eigenvalue weighted by Gasteiger charge is 2.20. The topological polar surface area (TPSA) is 47.1 Å². The highest BCUT2D eigenvalue weighted by Crippen LogP contribution is 2.23. The van der Waals surface area contributed by atoms with Crippen molar-refractivity contribution in [3.8, 4) is 0 Å². The normalized spacial score (nSPS) is 17.0. The molecule has 2 fully saturated rings. The summed E-state index contributed by atoms with van der Waals surface area (Å²) in [5.74, 6) is 0.218. The third-order valence-corrected chi connectivity index (χ3v) is 10.4. The Morgan fingerprint density at radius 2 is 0.808 bits per heavy atom. The van der Waals surface area contributed by atoms with Gasteiger partial charge in [0.05, 0.1) is 0 Å². The number of hydrogen-bond acceptors (Lipinski definition) is 4. The molecular formula is C46H66N4O2. The lowest BCUT2D eigenvalue weighted by Crippen LogP contribution is -2.48. The quantitative estimate of drug-likeness (QED) is 0.106. The van der Waals surface area contributed by atoms with Crippen molar-refractivity contribution in [3.05, 3.63) is 107 Å². The van der Waals surface area contributed by atoms with Gasteiger partial charge in [-0.1, -0.05) is 152 Å². The van der Waals surface area contributed by atoms with Crippen LogP contribution >= 0.6 is 0 Å². The molecule has 6 heteroatoms. The summed E-state index contributed by atoms with van der Waals surface area (Å²) in [6.45, 7) is 22.7. The van der Waals surface area contributed by atoms with E-state index >= 15 is 0 Å². The molecule has 0 bridgehead atoms. The van der Waals surface area contributed by atoms with Gasteiger partial charge in [-0.2, -0.15) is 0 Å². The van der Waals surface area contributed by atoms with E-state index in [-0.39, 0.29) is 22.6 Å². The minimum absolute atomic E-state index is 0.109. The largest absolute Gasteiger partial charge is 0.337 e. The van der Waals surface area contributed by atoms with Crippen molar-refractivity contribution in [2.24, 2.45) is 0 Å². The van der Waals surface area contributed by atoms with Crippen molar-refractivity contribution < 1.29 is 9.59 Å². The Kier molecular flexibility index (Phi) is 16.2. The predicted molar refractivity (Wildman–Crippen MR) is 220 cm³/mol. The van der Waals surface area contributed by atoms with Gasteiger partial charge in [0.2, 0.25) is 11.8 Å². The maximum absolute atomic E-state index is 12.7. The van der Waals surface area contributed by atoms with Crippen LogP contribution in [0, 0.1) is 0 Å². The fraction of sp³-hybridized carbons (Fsp3) is 0.522. The molecule has 0 saturated carbocycles. The lowest BCUT2D eigenvalue weighted by atomic mass is 9.87. The maximum Gasteiger partial charge on any atom is 0.246 e. The fourth-order valence-electron chi connectivity index (χ4n) is 6.77. The van der Waals surface area contributed by atoms with Crippen molar-refractivity contribution in [2.45, 2.75) is 90.9 Å². The number of carbonyl (C=O) groups is 2. The maximum atomic E-state index is 12.7. The molecule has 0 atom stereocenters. The van der Waals surface area contributed by atoms with Crippen LogP contribution in [0.4, 0.5) is 0 Å². The molecule has 0 aromatic heterocycles. The van der Waals surface area contributed by atoms with Crippen LogP contribution in [0.2, 0.25) is 0 Å². The van der Waals surface area contributed by atoms with Gasteiger partial charge >= 0.3 is 0 Å². The first-order chi connectivity index (χ1) is 24.9. The summed E-state index contributed by atoms with van der Waals surface area (Å²) in [5, 5.41) is 0. The number of benzene rings is 2. The Hall–Kier alpha value is -3.74. The van der Waals surface area contributed by atoms with Crippen molar-refractivity contribution in [1.29, 1.82) is 0 Å². The molecule has 2 aliphatic rings. The van der Waals surface area contributed by atoms with Crippen LogP contribution in [0.3, 0.4) is 0 Å². The highest BCUT2D eigenvalue weighted by atomic mass is 16.2. The first-order valence-electron chi connectivity index (χ1n) is 19.8. The zero-order valence-corrected chi connectivity index (χ0v) is 33.2. The number of piperazine rings is 2. The summed E-state index contributed by atoms with van der Waals surface area (Å²) in [4.78, 5) is 34.3. The van der Waals surface area contributed by atoms with Gasteiger partial charge in [0.25, 0.3) is 0 Å². The fourth-order valence-corrected chi connectivity index (χ4v) is 6.77. The first kappa shape index (κ1) is 41.0. The second kappa shape index (κ2) is 20.5. The van der Waals surface area contributed by atoms with Crippen LogP contribution < -0.4 is 0 Å². The van der Waals surface area contributed by atoms with Gasteiger partial charge in [-0.3, -0.25) is 19.4 Å². The zero-order chi connectivity index (χ0) is 37.4. The van der Waals surface area contributed by atoms with E-state index in [4.69, 9.17) is 0 Å². The van der Waals surface area contributed by atoms with Crippen molar-refractivity contribution in [3.63, 3.8) is 0 Å². The first-order valence-corrected chi connectivity index (χ1v) is 19.8. The molecule has 0 aliphatic carbocycles. The van der Waals surface area contributed by atoms with Gasteiger partial charge in [0.1, 0.15) is 0 Å². The van der Waals surface area contributed by atoms with E-state index in [0.717, 1.165) is 76.6 Å². The van der Waals surface area contributed by atoms with Gasteiger partial charge in [0, 0.05) is 64.5 Å². The number of carbonyl (C=O) groups excluding carboxylic acids is 2. The van der Waals surface area contributed by atoms with Gasteiger partial charge in [-0.05, 0) is 59.0 Å². The summed E-state index contributed by atoms with van der Waals surface area (Å²) in [6.07, 6.45) is 22.8. The SMILES string of the molecule is CC(C)(C)c1ccc(/C=C/C=C/C(=O)N2CCN(CCCCCCCCN3CCN(C(=O)/C=C/C=C/c4ccc(C(C)(C)C)cc4)CC3)CC2)cc1. The van der Waals surface area contributed by atoms with Crippen molar-refractivity contribution in [1.82, 2.24) is 19.6 Å². The Labute approximate surface area is 315 Å². The molecule has 0 N–H and O–H groups in total. The van der Waals surface area contributed by atoms with E-state index in [1.54, 1.807) is 12.2 Å².